The minimum atomic E-state index is -0.152. The Hall–Kier alpha value is -1.79. The highest BCUT2D eigenvalue weighted by Crippen LogP contribution is 2.31. The van der Waals surface area contributed by atoms with Crippen LogP contribution in [0.1, 0.15) is 42.8 Å². The van der Waals surface area contributed by atoms with Crippen molar-refractivity contribution in [1.82, 2.24) is 15.2 Å². The zero-order chi connectivity index (χ0) is 17.6. The molecule has 1 fully saturated rings. The number of carbonyl (C=O) groups is 1. The van der Waals surface area contributed by atoms with Crippen molar-refractivity contribution in [2.75, 3.05) is 13.1 Å². The van der Waals surface area contributed by atoms with E-state index >= 15 is 0 Å². The van der Waals surface area contributed by atoms with Crippen molar-refractivity contribution in [3.05, 3.63) is 52.2 Å². The predicted molar refractivity (Wildman–Crippen MR) is 97.7 cm³/mol. The van der Waals surface area contributed by atoms with Gasteiger partial charge in [0.2, 0.25) is 5.91 Å². The summed E-state index contributed by atoms with van der Waals surface area (Å²) < 4.78 is 13.9. The Kier molecular flexibility index (Phi) is 6.15. The molecule has 0 saturated carbocycles. The molecule has 1 aromatic carbocycles. The summed E-state index contributed by atoms with van der Waals surface area (Å²) >= 11 is 1.58. The van der Waals surface area contributed by atoms with Crippen molar-refractivity contribution in [2.24, 2.45) is 5.92 Å². The maximum atomic E-state index is 13.9. The van der Waals surface area contributed by atoms with Crippen molar-refractivity contribution in [3.8, 4) is 0 Å². The summed E-state index contributed by atoms with van der Waals surface area (Å²) in [5.74, 6) is 0.189. The van der Waals surface area contributed by atoms with E-state index in [9.17, 15) is 9.18 Å². The number of hydrogen-bond donors (Lipinski definition) is 1. The number of amides is 1. The van der Waals surface area contributed by atoms with Gasteiger partial charge in [0.15, 0.2) is 0 Å². The van der Waals surface area contributed by atoms with Crippen molar-refractivity contribution in [3.63, 3.8) is 0 Å². The molecule has 1 aromatic heterocycles. The molecule has 134 valence electrons. The highest BCUT2D eigenvalue weighted by atomic mass is 32.1. The standard InChI is InChI=1S/C19H24FN3OS/c1-2-17(24)22-18(19-21-9-11-25-19)15-7-5-10-23(13-15)12-14-6-3-4-8-16(14)20/h3-4,6,8-9,11,15,18H,2,5,7,10,12-13H2,1H3,(H,22,24). The van der Waals surface area contributed by atoms with Gasteiger partial charge < -0.3 is 5.32 Å². The molecule has 3 rings (SSSR count). The average Bonchev–Trinajstić information content (AvgIpc) is 3.16. The zero-order valence-electron chi connectivity index (χ0n) is 14.5. The number of likely N-dealkylation sites (tertiary alicyclic amines) is 1. The molecule has 1 aliphatic heterocycles. The molecule has 0 bridgehead atoms. The van der Waals surface area contributed by atoms with Gasteiger partial charge in [-0.2, -0.15) is 0 Å². The van der Waals surface area contributed by atoms with Crippen LogP contribution in [-0.2, 0) is 11.3 Å². The molecule has 2 unspecified atom stereocenters. The second-order valence-corrected chi connectivity index (χ2v) is 7.42. The van der Waals surface area contributed by atoms with Gasteiger partial charge in [0, 0.05) is 36.7 Å². The molecule has 1 amide bonds. The van der Waals surface area contributed by atoms with Crippen molar-refractivity contribution < 1.29 is 9.18 Å². The summed E-state index contributed by atoms with van der Waals surface area (Å²) in [6.07, 6.45) is 4.34. The first-order valence-electron chi connectivity index (χ1n) is 8.82. The summed E-state index contributed by atoms with van der Waals surface area (Å²) in [6.45, 7) is 4.26. The average molecular weight is 361 g/mol. The van der Waals surface area contributed by atoms with E-state index in [0.717, 1.165) is 36.5 Å². The first-order valence-corrected chi connectivity index (χ1v) is 9.70. The lowest BCUT2D eigenvalue weighted by atomic mass is 9.90. The second kappa shape index (κ2) is 8.54. The fraction of sp³-hybridized carbons (Fsp3) is 0.474. The lowest BCUT2D eigenvalue weighted by Gasteiger charge is -2.36. The van der Waals surface area contributed by atoms with Crippen LogP contribution in [0.3, 0.4) is 0 Å². The van der Waals surface area contributed by atoms with Crippen LogP contribution < -0.4 is 5.32 Å². The van der Waals surface area contributed by atoms with Crippen LogP contribution >= 0.6 is 11.3 Å². The molecule has 6 heteroatoms. The molecular formula is C19H24FN3OS. The molecule has 2 atom stereocenters. The Morgan fingerprint density at radius 1 is 1.48 bits per heavy atom. The summed E-state index contributed by atoms with van der Waals surface area (Å²) in [6, 6.07) is 6.89. The van der Waals surface area contributed by atoms with Crippen LogP contribution in [0.4, 0.5) is 4.39 Å². The van der Waals surface area contributed by atoms with Crippen LogP contribution in [-0.4, -0.2) is 28.9 Å². The van der Waals surface area contributed by atoms with Gasteiger partial charge in [0.1, 0.15) is 10.8 Å². The number of carbonyl (C=O) groups excluding carboxylic acids is 1. The monoisotopic (exact) mass is 361 g/mol. The lowest BCUT2D eigenvalue weighted by molar-refractivity contribution is -0.122. The molecule has 4 nitrogen and oxygen atoms in total. The van der Waals surface area contributed by atoms with Crippen LogP contribution in [0.2, 0.25) is 0 Å². The van der Waals surface area contributed by atoms with Gasteiger partial charge in [-0.1, -0.05) is 25.1 Å². The van der Waals surface area contributed by atoms with Gasteiger partial charge in [-0.15, -0.1) is 11.3 Å². The van der Waals surface area contributed by atoms with E-state index in [1.807, 2.05) is 24.4 Å². The number of benzene rings is 1. The maximum Gasteiger partial charge on any atom is 0.220 e. The minimum absolute atomic E-state index is 0.0476. The van der Waals surface area contributed by atoms with Gasteiger partial charge in [-0.3, -0.25) is 9.69 Å². The van der Waals surface area contributed by atoms with Crippen LogP contribution in [0.5, 0.6) is 0 Å². The number of halogens is 1. The molecule has 25 heavy (non-hydrogen) atoms. The Balaban J connectivity index is 1.71. The third-order valence-electron chi connectivity index (χ3n) is 4.72. The fourth-order valence-electron chi connectivity index (χ4n) is 3.42. The maximum absolute atomic E-state index is 13.9. The number of rotatable bonds is 6. The Morgan fingerprint density at radius 3 is 3.04 bits per heavy atom. The summed E-state index contributed by atoms with van der Waals surface area (Å²) in [7, 11) is 0. The highest BCUT2D eigenvalue weighted by molar-refractivity contribution is 7.09. The van der Waals surface area contributed by atoms with E-state index in [1.54, 1.807) is 23.6 Å². The third-order valence-corrected chi connectivity index (χ3v) is 5.58. The summed E-state index contributed by atoms with van der Waals surface area (Å²) in [5.41, 5.74) is 0.728. The van der Waals surface area contributed by atoms with E-state index in [2.05, 4.69) is 15.2 Å². The van der Waals surface area contributed by atoms with Crippen molar-refractivity contribution in [1.29, 1.82) is 0 Å². The quantitative estimate of drug-likeness (QED) is 0.852. The van der Waals surface area contributed by atoms with E-state index in [1.165, 1.54) is 6.07 Å². The smallest absolute Gasteiger partial charge is 0.220 e. The molecule has 1 aliphatic rings. The molecule has 0 radical (unpaired) electrons. The zero-order valence-corrected chi connectivity index (χ0v) is 15.3. The fourth-order valence-corrected chi connectivity index (χ4v) is 4.20. The predicted octanol–water partition coefficient (Wildman–Crippen LogP) is 3.76. The Labute approximate surface area is 152 Å². The summed E-state index contributed by atoms with van der Waals surface area (Å²) in [5, 5.41) is 6.05. The molecule has 1 N–H and O–H groups in total. The molecule has 1 saturated heterocycles. The van der Waals surface area contributed by atoms with Gasteiger partial charge in [-0.05, 0) is 31.4 Å². The van der Waals surface area contributed by atoms with E-state index in [-0.39, 0.29) is 17.8 Å². The topological polar surface area (TPSA) is 45.2 Å². The molecule has 0 spiro atoms. The normalized spacial score (nSPS) is 19.5. The summed E-state index contributed by atoms with van der Waals surface area (Å²) in [4.78, 5) is 18.7. The minimum Gasteiger partial charge on any atom is -0.347 e. The lowest BCUT2D eigenvalue weighted by Crippen LogP contribution is -2.42. The van der Waals surface area contributed by atoms with E-state index in [4.69, 9.17) is 0 Å². The largest absolute Gasteiger partial charge is 0.347 e. The van der Waals surface area contributed by atoms with Crippen LogP contribution in [0.25, 0.3) is 0 Å². The first-order chi connectivity index (χ1) is 12.2. The van der Waals surface area contributed by atoms with Gasteiger partial charge >= 0.3 is 0 Å². The highest BCUT2D eigenvalue weighted by Gasteiger charge is 2.31. The number of aromatic nitrogens is 1. The number of thiazole rings is 1. The molecule has 2 heterocycles. The Bertz CT molecular complexity index is 692. The first kappa shape index (κ1) is 18.0. The molecule has 2 aromatic rings. The Morgan fingerprint density at radius 2 is 2.32 bits per heavy atom. The third kappa shape index (κ3) is 4.64. The van der Waals surface area contributed by atoms with E-state index in [0.29, 0.717) is 18.9 Å². The van der Waals surface area contributed by atoms with Crippen molar-refractivity contribution in [2.45, 2.75) is 38.8 Å². The number of nitrogens with zero attached hydrogens (tertiary/aromatic N) is 2. The van der Waals surface area contributed by atoms with Crippen LogP contribution in [0.15, 0.2) is 35.8 Å². The molecule has 0 aliphatic carbocycles. The van der Waals surface area contributed by atoms with Gasteiger partial charge in [0.25, 0.3) is 0 Å². The molecular weight excluding hydrogens is 337 g/mol. The van der Waals surface area contributed by atoms with Gasteiger partial charge in [0.05, 0.1) is 6.04 Å². The number of hydrogen-bond acceptors (Lipinski definition) is 4. The SMILES string of the molecule is CCC(=O)NC(c1nccs1)C1CCCN(Cc2ccccc2F)C1. The van der Waals surface area contributed by atoms with Crippen LogP contribution in [0, 0.1) is 11.7 Å². The number of piperidine rings is 1. The second-order valence-electron chi connectivity index (χ2n) is 6.50. The van der Waals surface area contributed by atoms with Gasteiger partial charge in [-0.25, -0.2) is 9.37 Å². The van der Waals surface area contributed by atoms with Crippen molar-refractivity contribution >= 4 is 17.2 Å². The van der Waals surface area contributed by atoms with E-state index < -0.39 is 0 Å². The number of nitrogens with one attached hydrogen (secondary N) is 1.